The summed E-state index contributed by atoms with van der Waals surface area (Å²) in [6.07, 6.45) is 0.527. The first-order valence-corrected chi connectivity index (χ1v) is 5.35. The third-order valence-corrected chi connectivity index (χ3v) is 2.78. The molecule has 1 aromatic carbocycles. The van der Waals surface area contributed by atoms with Gasteiger partial charge in [0, 0.05) is 13.1 Å². The number of rotatable bonds is 2. The van der Waals surface area contributed by atoms with Crippen LogP contribution in [0, 0.1) is 5.82 Å². The minimum Gasteiger partial charge on any atom is -0.391 e. The lowest BCUT2D eigenvalue weighted by Gasteiger charge is -2.15. The molecule has 86 valence electrons. The van der Waals surface area contributed by atoms with Crippen molar-refractivity contribution in [2.45, 2.75) is 18.9 Å². The molecule has 4 heteroatoms. The van der Waals surface area contributed by atoms with Gasteiger partial charge < -0.3 is 10.0 Å². The van der Waals surface area contributed by atoms with E-state index in [4.69, 9.17) is 0 Å². The van der Waals surface area contributed by atoms with Crippen molar-refractivity contribution in [2.24, 2.45) is 0 Å². The first-order valence-electron chi connectivity index (χ1n) is 5.35. The Morgan fingerprint density at radius 3 is 2.69 bits per heavy atom. The molecule has 1 heterocycles. The molecule has 0 aliphatic carbocycles. The van der Waals surface area contributed by atoms with E-state index >= 15 is 0 Å². The number of hydrogen-bond acceptors (Lipinski definition) is 2. The number of hydrogen-bond donors (Lipinski definition) is 1. The predicted molar refractivity (Wildman–Crippen MR) is 57.3 cm³/mol. The molecule has 0 aromatic heterocycles. The van der Waals surface area contributed by atoms with Crippen LogP contribution in [0.15, 0.2) is 24.3 Å². The maximum Gasteiger partial charge on any atom is 0.227 e. The highest BCUT2D eigenvalue weighted by Crippen LogP contribution is 2.11. The molecule has 0 saturated carbocycles. The second-order valence-electron chi connectivity index (χ2n) is 4.09. The third kappa shape index (κ3) is 2.58. The molecular weight excluding hydrogens is 209 g/mol. The third-order valence-electron chi connectivity index (χ3n) is 2.78. The largest absolute Gasteiger partial charge is 0.391 e. The van der Waals surface area contributed by atoms with Gasteiger partial charge in [0.05, 0.1) is 12.5 Å². The monoisotopic (exact) mass is 223 g/mol. The van der Waals surface area contributed by atoms with Crippen LogP contribution < -0.4 is 0 Å². The standard InChI is InChI=1S/C12H14FNO2/c13-10-3-1-9(2-4-10)7-12(16)14-6-5-11(15)8-14/h1-4,11,15H,5-8H2/t11-/m1/s1. The number of halogens is 1. The molecule has 0 spiro atoms. The van der Waals surface area contributed by atoms with Crippen molar-refractivity contribution in [3.63, 3.8) is 0 Å². The van der Waals surface area contributed by atoms with E-state index in [0.29, 0.717) is 19.5 Å². The topological polar surface area (TPSA) is 40.5 Å². The van der Waals surface area contributed by atoms with E-state index in [1.807, 2.05) is 0 Å². The number of likely N-dealkylation sites (tertiary alicyclic amines) is 1. The summed E-state index contributed by atoms with van der Waals surface area (Å²) in [6.45, 7) is 1.03. The molecule has 2 rings (SSSR count). The van der Waals surface area contributed by atoms with Gasteiger partial charge in [-0.2, -0.15) is 0 Å². The Balaban J connectivity index is 1.94. The van der Waals surface area contributed by atoms with Crippen LogP contribution in [0.2, 0.25) is 0 Å². The normalized spacial score (nSPS) is 20.1. The average molecular weight is 223 g/mol. The van der Waals surface area contributed by atoms with Crippen molar-refractivity contribution in [2.75, 3.05) is 13.1 Å². The Kier molecular flexibility index (Phi) is 3.19. The van der Waals surface area contributed by atoms with Gasteiger partial charge in [0.25, 0.3) is 0 Å². The van der Waals surface area contributed by atoms with Crippen LogP contribution in [0.1, 0.15) is 12.0 Å². The van der Waals surface area contributed by atoms with Crippen molar-refractivity contribution in [1.29, 1.82) is 0 Å². The zero-order valence-electron chi connectivity index (χ0n) is 8.90. The van der Waals surface area contributed by atoms with Gasteiger partial charge in [-0.05, 0) is 24.1 Å². The van der Waals surface area contributed by atoms with E-state index < -0.39 is 6.10 Å². The van der Waals surface area contributed by atoms with Crippen molar-refractivity contribution in [3.8, 4) is 0 Å². The summed E-state index contributed by atoms with van der Waals surface area (Å²) in [6, 6.07) is 5.92. The smallest absolute Gasteiger partial charge is 0.227 e. The molecule has 0 radical (unpaired) electrons. The van der Waals surface area contributed by atoms with Gasteiger partial charge in [-0.15, -0.1) is 0 Å². The minimum absolute atomic E-state index is 0.0110. The Bertz CT molecular complexity index is 377. The van der Waals surface area contributed by atoms with Gasteiger partial charge in [0.2, 0.25) is 5.91 Å². The number of benzene rings is 1. The van der Waals surface area contributed by atoms with E-state index in [2.05, 4.69) is 0 Å². The zero-order chi connectivity index (χ0) is 11.5. The summed E-state index contributed by atoms with van der Waals surface area (Å²) < 4.78 is 12.6. The molecule has 1 aliphatic heterocycles. The van der Waals surface area contributed by atoms with Crippen LogP contribution in [-0.2, 0) is 11.2 Å². The average Bonchev–Trinajstić information content (AvgIpc) is 2.68. The lowest BCUT2D eigenvalue weighted by atomic mass is 10.1. The number of aliphatic hydroxyl groups excluding tert-OH is 1. The Morgan fingerprint density at radius 1 is 1.44 bits per heavy atom. The van der Waals surface area contributed by atoms with Gasteiger partial charge in [-0.1, -0.05) is 12.1 Å². The molecule has 1 atom stereocenters. The zero-order valence-corrected chi connectivity index (χ0v) is 8.90. The predicted octanol–water partition coefficient (Wildman–Crippen LogP) is 0.961. The summed E-state index contributed by atoms with van der Waals surface area (Å²) in [7, 11) is 0. The van der Waals surface area contributed by atoms with E-state index in [9.17, 15) is 14.3 Å². The molecule has 1 fully saturated rings. The molecule has 0 bridgehead atoms. The second-order valence-corrected chi connectivity index (χ2v) is 4.09. The number of carbonyl (C=O) groups is 1. The highest BCUT2D eigenvalue weighted by molar-refractivity contribution is 5.79. The minimum atomic E-state index is -0.392. The highest BCUT2D eigenvalue weighted by Gasteiger charge is 2.24. The van der Waals surface area contributed by atoms with Gasteiger partial charge in [0.1, 0.15) is 5.82 Å². The fourth-order valence-corrected chi connectivity index (χ4v) is 1.86. The summed E-state index contributed by atoms with van der Waals surface area (Å²) in [5.41, 5.74) is 0.799. The van der Waals surface area contributed by atoms with Crippen LogP contribution >= 0.6 is 0 Å². The van der Waals surface area contributed by atoms with Crippen LogP contribution in [0.25, 0.3) is 0 Å². The summed E-state index contributed by atoms with van der Waals surface area (Å²) in [4.78, 5) is 13.4. The Morgan fingerprint density at radius 2 is 2.12 bits per heavy atom. The van der Waals surface area contributed by atoms with Gasteiger partial charge in [-0.3, -0.25) is 4.79 Å². The van der Waals surface area contributed by atoms with Crippen molar-refractivity contribution < 1.29 is 14.3 Å². The number of carbonyl (C=O) groups excluding carboxylic acids is 1. The van der Waals surface area contributed by atoms with E-state index in [-0.39, 0.29) is 18.1 Å². The maximum absolute atomic E-state index is 12.6. The molecular formula is C12H14FNO2. The number of amides is 1. The summed E-state index contributed by atoms with van der Waals surface area (Å²) >= 11 is 0. The lowest BCUT2D eigenvalue weighted by molar-refractivity contribution is -0.129. The quantitative estimate of drug-likeness (QED) is 0.811. The molecule has 0 unspecified atom stereocenters. The number of aliphatic hydroxyl groups is 1. The summed E-state index contributed by atoms with van der Waals surface area (Å²) in [5, 5.41) is 9.31. The second kappa shape index (κ2) is 4.61. The Labute approximate surface area is 93.5 Å². The van der Waals surface area contributed by atoms with E-state index in [1.54, 1.807) is 17.0 Å². The van der Waals surface area contributed by atoms with Crippen molar-refractivity contribution in [3.05, 3.63) is 35.6 Å². The van der Waals surface area contributed by atoms with Crippen LogP contribution in [-0.4, -0.2) is 35.1 Å². The van der Waals surface area contributed by atoms with Crippen LogP contribution in [0.4, 0.5) is 4.39 Å². The number of nitrogens with zero attached hydrogens (tertiary/aromatic N) is 1. The molecule has 1 aliphatic rings. The molecule has 3 nitrogen and oxygen atoms in total. The first-order chi connectivity index (χ1) is 7.65. The van der Waals surface area contributed by atoms with Crippen LogP contribution in [0.3, 0.4) is 0 Å². The molecule has 1 aromatic rings. The SMILES string of the molecule is O=C(Cc1ccc(F)cc1)N1CC[C@@H](O)C1. The molecule has 1 N–H and O–H groups in total. The fraction of sp³-hybridized carbons (Fsp3) is 0.417. The van der Waals surface area contributed by atoms with Crippen molar-refractivity contribution in [1.82, 2.24) is 4.90 Å². The van der Waals surface area contributed by atoms with Crippen LogP contribution in [0.5, 0.6) is 0 Å². The molecule has 1 amide bonds. The van der Waals surface area contributed by atoms with Gasteiger partial charge in [0.15, 0.2) is 0 Å². The fourth-order valence-electron chi connectivity index (χ4n) is 1.86. The highest BCUT2D eigenvalue weighted by atomic mass is 19.1. The maximum atomic E-state index is 12.6. The van der Waals surface area contributed by atoms with Gasteiger partial charge in [-0.25, -0.2) is 4.39 Å². The van der Waals surface area contributed by atoms with Gasteiger partial charge >= 0.3 is 0 Å². The van der Waals surface area contributed by atoms with E-state index in [1.165, 1.54) is 12.1 Å². The molecule has 1 saturated heterocycles. The first kappa shape index (κ1) is 11.1. The number of β-amino-alcohol motifs (C(OH)–C–C–N with tert-alkyl or cyclic N) is 1. The molecule has 16 heavy (non-hydrogen) atoms. The lowest BCUT2D eigenvalue weighted by Crippen LogP contribution is -2.30. The van der Waals surface area contributed by atoms with E-state index in [0.717, 1.165) is 5.56 Å². The van der Waals surface area contributed by atoms with Crippen molar-refractivity contribution >= 4 is 5.91 Å². The summed E-state index contributed by atoms with van der Waals surface area (Å²) in [5.74, 6) is -0.309. The Hall–Kier alpha value is -1.42.